The molecule has 0 aromatic heterocycles. The SMILES string of the molecule is CCNC(=NCCCN(C)S(=O)(=O)CC)N1CCC(CC(C)C)C1. The molecule has 1 fully saturated rings. The zero-order chi connectivity index (χ0) is 18.2. The third-order valence-electron chi connectivity index (χ3n) is 4.46. The lowest BCUT2D eigenvalue weighted by Gasteiger charge is -2.22. The van der Waals surface area contributed by atoms with Gasteiger partial charge in [0.1, 0.15) is 0 Å². The fourth-order valence-corrected chi connectivity index (χ4v) is 4.00. The summed E-state index contributed by atoms with van der Waals surface area (Å²) < 4.78 is 24.9. The van der Waals surface area contributed by atoms with E-state index in [1.165, 1.54) is 17.1 Å². The second-order valence-corrected chi connectivity index (χ2v) is 9.41. The Balaban J connectivity index is 2.49. The van der Waals surface area contributed by atoms with E-state index in [9.17, 15) is 8.42 Å². The molecule has 1 aliphatic heterocycles. The highest BCUT2D eigenvalue weighted by Crippen LogP contribution is 2.23. The normalized spacial score (nSPS) is 19.5. The Morgan fingerprint density at radius 2 is 2.08 bits per heavy atom. The maximum Gasteiger partial charge on any atom is 0.213 e. The first-order valence-electron chi connectivity index (χ1n) is 9.27. The summed E-state index contributed by atoms with van der Waals surface area (Å²) in [6.07, 6.45) is 3.25. The fraction of sp³-hybridized carbons (Fsp3) is 0.941. The monoisotopic (exact) mass is 360 g/mol. The van der Waals surface area contributed by atoms with E-state index < -0.39 is 10.0 Å². The zero-order valence-corrected chi connectivity index (χ0v) is 16.9. The van der Waals surface area contributed by atoms with Crippen LogP contribution in [0.15, 0.2) is 4.99 Å². The summed E-state index contributed by atoms with van der Waals surface area (Å²) in [5, 5.41) is 3.37. The van der Waals surface area contributed by atoms with Crippen molar-refractivity contribution >= 4 is 16.0 Å². The summed E-state index contributed by atoms with van der Waals surface area (Å²) in [6.45, 7) is 12.5. The highest BCUT2D eigenvalue weighted by atomic mass is 32.2. The van der Waals surface area contributed by atoms with Crippen LogP contribution in [-0.2, 0) is 10.0 Å². The molecule has 0 aliphatic carbocycles. The summed E-state index contributed by atoms with van der Waals surface area (Å²) in [6, 6.07) is 0. The number of nitrogens with one attached hydrogen (secondary N) is 1. The summed E-state index contributed by atoms with van der Waals surface area (Å²) >= 11 is 0. The third kappa shape index (κ3) is 6.97. The molecule has 0 saturated carbocycles. The molecule has 1 atom stereocenters. The van der Waals surface area contributed by atoms with Crippen LogP contribution in [0.4, 0.5) is 0 Å². The Hall–Kier alpha value is -0.820. The van der Waals surface area contributed by atoms with Crippen LogP contribution in [0.5, 0.6) is 0 Å². The molecule has 1 heterocycles. The molecule has 7 heteroatoms. The predicted molar refractivity (Wildman–Crippen MR) is 102 cm³/mol. The minimum atomic E-state index is -3.08. The number of rotatable bonds is 9. The van der Waals surface area contributed by atoms with Gasteiger partial charge < -0.3 is 10.2 Å². The van der Waals surface area contributed by atoms with Crippen molar-refractivity contribution in [3.05, 3.63) is 0 Å². The Labute approximate surface area is 148 Å². The number of nitrogens with zero attached hydrogens (tertiary/aromatic N) is 3. The molecule has 1 rings (SSSR count). The van der Waals surface area contributed by atoms with Crippen LogP contribution in [0.1, 0.15) is 47.0 Å². The van der Waals surface area contributed by atoms with Crippen molar-refractivity contribution in [1.29, 1.82) is 0 Å². The molecule has 1 saturated heterocycles. The largest absolute Gasteiger partial charge is 0.357 e. The van der Waals surface area contributed by atoms with E-state index >= 15 is 0 Å². The third-order valence-corrected chi connectivity index (χ3v) is 6.32. The first kappa shape index (κ1) is 21.2. The van der Waals surface area contributed by atoms with Crippen molar-refractivity contribution in [3.8, 4) is 0 Å². The van der Waals surface area contributed by atoms with E-state index in [1.807, 2.05) is 0 Å². The molecular weight excluding hydrogens is 324 g/mol. The quantitative estimate of drug-likeness (QED) is 0.388. The predicted octanol–water partition coefficient (Wildman–Crippen LogP) is 1.99. The molecule has 142 valence electrons. The lowest BCUT2D eigenvalue weighted by molar-refractivity contribution is 0.403. The van der Waals surface area contributed by atoms with Crippen molar-refractivity contribution in [3.63, 3.8) is 0 Å². The standard InChI is InChI=1S/C17H36N4O2S/c1-6-18-17(21-12-9-16(14-21)13-15(3)4)19-10-8-11-20(5)24(22,23)7-2/h15-16H,6-14H2,1-5H3,(H,18,19). The van der Waals surface area contributed by atoms with Gasteiger partial charge in [-0.1, -0.05) is 13.8 Å². The van der Waals surface area contributed by atoms with Gasteiger partial charge in [-0.15, -0.1) is 0 Å². The Kier molecular flexibility index (Phi) is 9.05. The van der Waals surface area contributed by atoms with E-state index in [0.717, 1.165) is 43.9 Å². The molecule has 6 nitrogen and oxygen atoms in total. The van der Waals surface area contributed by atoms with Crippen LogP contribution in [-0.4, -0.2) is 69.1 Å². The Morgan fingerprint density at radius 3 is 2.67 bits per heavy atom. The molecule has 0 amide bonds. The lowest BCUT2D eigenvalue weighted by Crippen LogP contribution is -2.40. The Bertz CT molecular complexity index is 491. The van der Waals surface area contributed by atoms with Crippen LogP contribution >= 0.6 is 0 Å². The average molecular weight is 361 g/mol. The molecule has 0 bridgehead atoms. The second-order valence-electron chi connectivity index (χ2n) is 7.04. The van der Waals surface area contributed by atoms with Gasteiger partial charge >= 0.3 is 0 Å². The molecule has 0 radical (unpaired) electrons. The lowest BCUT2D eigenvalue weighted by atomic mass is 9.97. The van der Waals surface area contributed by atoms with E-state index in [0.29, 0.717) is 13.1 Å². The zero-order valence-electron chi connectivity index (χ0n) is 16.1. The van der Waals surface area contributed by atoms with Crippen molar-refractivity contribution < 1.29 is 8.42 Å². The van der Waals surface area contributed by atoms with Crippen LogP contribution < -0.4 is 5.32 Å². The van der Waals surface area contributed by atoms with Crippen molar-refractivity contribution in [1.82, 2.24) is 14.5 Å². The topological polar surface area (TPSA) is 65.0 Å². The van der Waals surface area contributed by atoms with Gasteiger partial charge in [-0.05, 0) is 44.9 Å². The summed E-state index contributed by atoms with van der Waals surface area (Å²) in [7, 11) is -1.44. The second kappa shape index (κ2) is 10.2. The van der Waals surface area contributed by atoms with Crippen LogP contribution in [0.25, 0.3) is 0 Å². The summed E-state index contributed by atoms with van der Waals surface area (Å²) in [5.74, 6) is 2.63. The van der Waals surface area contributed by atoms with E-state index in [1.54, 1.807) is 14.0 Å². The molecule has 0 aromatic rings. The van der Waals surface area contributed by atoms with Crippen molar-refractivity contribution in [2.45, 2.75) is 47.0 Å². The maximum absolute atomic E-state index is 11.7. The van der Waals surface area contributed by atoms with E-state index in [4.69, 9.17) is 4.99 Å². The molecule has 24 heavy (non-hydrogen) atoms. The van der Waals surface area contributed by atoms with Crippen molar-refractivity contribution in [2.75, 3.05) is 45.5 Å². The van der Waals surface area contributed by atoms with Gasteiger partial charge in [-0.2, -0.15) is 0 Å². The number of guanidine groups is 1. The highest BCUT2D eigenvalue weighted by Gasteiger charge is 2.25. The highest BCUT2D eigenvalue weighted by molar-refractivity contribution is 7.89. The minimum absolute atomic E-state index is 0.153. The van der Waals surface area contributed by atoms with Gasteiger partial charge in [0.15, 0.2) is 5.96 Å². The maximum atomic E-state index is 11.7. The first-order chi connectivity index (χ1) is 11.3. The molecule has 1 aliphatic rings. The van der Waals surface area contributed by atoms with Crippen LogP contribution in [0, 0.1) is 11.8 Å². The number of aliphatic imine (C=N–C) groups is 1. The minimum Gasteiger partial charge on any atom is -0.357 e. The molecule has 0 spiro atoms. The van der Waals surface area contributed by atoms with Gasteiger partial charge in [0, 0.05) is 39.8 Å². The van der Waals surface area contributed by atoms with E-state index in [2.05, 4.69) is 31.0 Å². The molecular formula is C17H36N4O2S. The van der Waals surface area contributed by atoms with Gasteiger partial charge in [-0.25, -0.2) is 12.7 Å². The van der Waals surface area contributed by atoms with Gasteiger partial charge in [0.05, 0.1) is 5.75 Å². The van der Waals surface area contributed by atoms with Gasteiger partial charge in [0.2, 0.25) is 10.0 Å². The number of hydrogen-bond acceptors (Lipinski definition) is 3. The van der Waals surface area contributed by atoms with E-state index in [-0.39, 0.29) is 5.75 Å². The average Bonchev–Trinajstić information content (AvgIpc) is 2.97. The van der Waals surface area contributed by atoms with Crippen LogP contribution in [0.2, 0.25) is 0 Å². The summed E-state index contributed by atoms with van der Waals surface area (Å²) in [5.41, 5.74) is 0. The number of sulfonamides is 1. The van der Waals surface area contributed by atoms with Gasteiger partial charge in [0.25, 0.3) is 0 Å². The molecule has 1 N–H and O–H groups in total. The van der Waals surface area contributed by atoms with Crippen molar-refractivity contribution in [2.24, 2.45) is 16.8 Å². The number of hydrogen-bond donors (Lipinski definition) is 1. The molecule has 1 unspecified atom stereocenters. The smallest absolute Gasteiger partial charge is 0.213 e. The first-order valence-corrected chi connectivity index (χ1v) is 10.9. The van der Waals surface area contributed by atoms with Crippen LogP contribution in [0.3, 0.4) is 0 Å². The fourth-order valence-electron chi connectivity index (χ4n) is 3.15. The summed E-state index contributed by atoms with van der Waals surface area (Å²) in [4.78, 5) is 7.05. The number of likely N-dealkylation sites (tertiary alicyclic amines) is 1. The molecule has 0 aromatic carbocycles. The Morgan fingerprint density at radius 1 is 1.38 bits per heavy atom. The van der Waals surface area contributed by atoms with Gasteiger partial charge in [-0.3, -0.25) is 4.99 Å².